The van der Waals surface area contributed by atoms with Crippen molar-refractivity contribution in [3.8, 4) is 5.88 Å². The van der Waals surface area contributed by atoms with E-state index >= 15 is 0 Å². The first-order chi connectivity index (χ1) is 7.50. The average Bonchev–Trinajstić information content (AvgIpc) is 2.16. The molecule has 0 amide bonds. The Morgan fingerprint density at radius 3 is 2.75 bits per heavy atom. The fraction of sp³-hybridized carbons (Fsp3) is 0.545. The number of thiocarbonyl (C=S) groups is 1. The fourth-order valence-corrected chi connectivity index (χ4v) is 1.65. The summed E-state index contributed by atoms with van der Waals surface area (Å²) in [5.41, 5.74) is 6.21. The lowest BCUT2D eigenvalue weighted by Crippen LogP contribution is -2.19. The quantitative estimate of drug-likeness (QED) is 0.795. The molecule has 16 heavy (non-hydrogen) atoms. The summed E-state index contributed by atoms with van der Waals surface area (Å²) in [6, 6.07) is 1.72. The van der Waals surface area contributed by atoms with Crippen molar-refractivity contribution in [1.82, 2.24) is 10.2 Å². The molecule has 0 aromatic carbocycles. The van der Waals surface area contributed by atoms with Crippen LogP contribution in [0.3, 0.4) is 0 Å². The summed E-state index contributed by atoms with van der Waals surface area (Å²) >= 11 is 4.92. The lowest BCUT2D eigenvalue weighted by Gasteiger charge is -2.16. The van der Waals surface area contributed by atoms with Gasteiger partial charge in [0.25, 0.3) is 0 Å². The molecular weight excluding hydrogens is 222 g/mol. The van der Waals surface area contributed by atoms with Gasteiger partial charge < -0.3 is 10.5 Å². The molecule has 2 N–H and O–H groups in total. The molecule has 0 aliphatic heterocycles. The molecule has 0 spiro atoms. The van der Waals surface area contributed by atoms with Crippen molar-refractivity contribution < 1.29 is 4.74 Å². The summed E-state index contributed by atoms with van der Waals surface area (Å²) < 4.78 is 5.68. The Hall–Kier alpha value is -1.23. The van der Waals surface area contributed by atoms with E-state index in [-0.39, 0.29) is 11.1 Å². The van der Waals surface area contributed by atoms with Crippen molar-refractivity contribution >= 4 is 17.2 Å². The first kappa shape index (κ1) is 12.8. The molecule has 1 heterocycles. The van der Waals surface area contributed by atoms with Crippen LogP contribution in [0.4, 0.5) is 0 Å². The Balaban J connectivity index is 2.76. The van der Waals surface area contributed by atoms with Gasteiger partial charge in [0.05, 0.1) is 17.9 Å². The highest BCUT2D eigenvalue weighted by Crippen LogP contribution is 2.17. The maximum Gasteiger partial charge on any atom is 0.244 e. The summed E-state index contributed by atoms with van der Waals surface area (Å²) in [4.78, 5) is 0.279. The Bertz CT molecular complexity index is 368. The normalized spacial score (nSPS) is 12.5. The molecular formula is C11H17N3OS. The molecule has 0 bridgehead atoms. The number of nitrogens with two attached hydrogens (primary N) is 1. The molecule has 5 heteroatoms. The van der Waals surface area contributed by atoms with Crippen LogP contribution in [0.1, 0.15) is 32.8 Å². The SMILES string of the molecule is CC(C)CC(C)Oc1nnccc1C(N)=S. The summed E-state index contributed by atoms with van der Waals surface area (Å²) in [7, 11) is 0. The number of ether oxygens (including phenoxy) is 1. The molecule has 0 saturated carbocycles. The monoisotopic (exact) mass is 239 g/mol. The van der Waals surface area contributed by atoms with Crippen LogP contribution in [0.25, 0.3) is 0 Å². The molecule has 1 rings (SSSR count). The van der Waals surface area contributed by atoms with E-state index in [1.54, 1.807) is 12.3 Å². The van der Waals surface area contributed by atoms with Gasteiger partial charge in [-0.1, -0.05) is 26.1 Å². The van der Waals surface area contributed by atoms with Crippen molar-refractivity contribution in [3.63, 3.8) is 0 Å². The van der Waals surface area contributed by atoms with Gasteiger partial charge in [-0.15, -0.1) is 5.10 Å². The Kier molecular flexibility index (Phi) is 4.61. The minimum Gasteiger partial charge on any atom is -0.473 e. The molecule has 0 aliphatic carbocycles. The molecule has 1 unspecified atom stereocenters. The standard InChI is InChI=1S/C11H17N3OS/c1-7(2)6-8(3)15-11-9(10(12)16)4-5-13-14-11/h4-5,7-8H,6H2,1-3H3,(H2,12,16). The predicted octanol–water partition coefficient (Wildman–Crippen LogP) is 1.92. The number of aromatic nitrogens is 2. The minimum atomic E-state index is 0.0739. The zero-order valence-electron chi connectivity index (χ0n) is 9.80. The molecule has 1 aromatic heterocycles. The summed E-state index contributed by atoms with van der Waals surface area (Å²) in [6.45, 7) is 6.29. The number of hydrogen-bond acceptors (Lipinski definition) is 4. The van der Waals surface area contributed by atoms with E-state index in [1.165, 1.54) is 0 Å². The second kappa shape index (κ2) is 5.75. The second-order valence-electron chi connectivity index (χ2n) is 4.17. The van der Waals surface area contributed by atoms with Gasteiger partial charge in [0.2, 0.25) is 5.88 Å². The lowest BCUT2D eigenvalue weighted by atomic mass is 10.1. The van der Waals surface area contributed by atoms with E-state index in [0.29, 0.717) is 17.4 Å². The molecule has 0 fully saturated rings. The van der Waals surface area contributed by atoms with Crippen molar-refractivity contribution in [2.75, 3.05) is 0 Å². The van der Waals surface area contributed by atoms with Gasteiger partial charge in [-0.25, -0.2) is 0 Å². The molecule has 0 aliphatic rings. The van der Waals surface area contributed by atoms with Gasteiger partial charge in [-0.05, 0) is 25.3 Å². The number of rotatable bonds is 5. The lowest BCUT2D eigenvalue weighted by molar-refractivity contribution is 0.183. The highest BCUT2D eigenvalue weighted by atomic mass is 32.1. The van der Waals surface area contributed by atoms with Crippen LogP contribution in [0.2, 0.25) is 0 Å². The molecule has 1 aromatic rings. The zero-order valence-corrected chi connectivity index (χ0v) is 10.6. The zero-order chi connectivity index (χ0) is 12.1. The van der Waals surface area contributed by atoms with Crippen LogP contribution in [0.5, 0.6) is 5.88 Å². The fourth-order valence-electron chi connectivity index (χ4n) is 1.50. The smallest absolute Gasteiger partial charge is 0.244 e. The maximum absolute atomic E-state index is 5.68. The summed E-state index contributed by atoms with van der Waals surface area (Å²) in [6.07, 6.45) is 2.58. The van der Waals surface area contributed by atoms with Crippen molar-refractivity contribution in [3.05, 3.63) is 17.8 Å². The van der Waals surface area contributed by atoms with E-state index in [2.05, 4.69) is 24.0 Å². The average molecular weight is 239 g/mol. The van der Waals surface area contributed by atoms with Crippen molar-refractivity contribution in [1.29, 1.82) is 0 Å². The van der Waals surface area contributed by atoms with Crippen molar-refractivity contribution in [2.45, 2.75) is 33.3 Å². The third-order valence-corrected chi connectivity index (χ3v) is 2.29. The third kappa shape index (κ3) is 3.73. The molecule has 0 saturated heterocycles. The van der Waals surface area contributed by atoms with E-state index < -0.39 is 0 Å². The number of nitrogens with zero attached hydrogens (tertiary/aromatic N) is 2. The molecule has 88 valence electrons. The number of hydrogen-bond donors (Lipinski definition) is 1. The molecule has 0 radical (unpaired) electrons. The largest absolute Gasteiger partial charge is 0.473 e. The van der Waals surface area contributed by atoms with Gasteiger partial charge in [-0.2, -0.15) is 5.10 Å². The van der Waals surface area contributed by atoms with Crippen LogP contribution in [-0.4, -0.2) is 21.3 Å². The molecule has 1 atom stereocenters. The second-order valence-corrected chi connectivity index (χ2v) is 4.61. The van der Waals surface area contributed by atoms with Crippen LogP contribution in [-0.2, 0) is 0 Å². The Morgan fingerprint density at radius 2 is 2.19 bits per heavy atom. The van der Waals surface area contributed by atoms with Crippen LogP contribution in [0, 0.1) is 5.92 Å². The van der Waals surface area contributed by atoms with Crippen LogP contribution < -0.4 is 10.5 Å². The van der Waals surface area contributed by atoms with E-state index in [9.17, 15) is 0 Å². The van der Waals surface area contributed by atoms with Gasteiger partial charge >= 0.3 is 0 Å². The Labute approximate surface area is 101 Å². The van der Waals surface area contributed by atoms with Gasteiger partial charge in [0, 0.05) is 0 Å². The van der Waals surface area contributed by atoms with Gasteiger partial charge in [-0.3, -0.25) is 0 Å². The minimum absolute atomic E-state index is 0.0739. The maximum atomic E-state index is 5.68. The third-order valence-electron chi connectivity index (χ3n) is 2.07. The van der Waals surface area contributed by atoms with E-state index in [4.69, 9.17) is 22.7 Å². The van der Waals surface area contributed by atoms with E-state index in [0.717, 1.165) is 6.42 Å². The highest BCUT2D eigenvalue weighted by Gasteiger charge is 2.12. The summed E-state index contributed by atoms with van der Waals surface area (Å²) in [5.74, 6) is 0.989. The van der Waals surface area contributed by atoms with Crippen LogP contribution in [0.15, 0.2) is 12.3 Å². The molecule has 4 nitrogen and oxygen atoms in total. The van der Waals surface area contributed by atoms with E-state index in [1.807, 2.05) is 6.92 Å². The van der Waals surface area contributed by atoms with Gasteiger partial charge in [0.1, 0.15) is 4.99 Å². The highest BCUT2D eigenvalue weighted by molar-refractivity contribution is 7.80. The van der Waals surface area contributed by atoms with Gasteiger partial charge in [0.15, 0.2) is 0 Å². The van der Waals surface area contributed by atoms with Crippen molar-refractivity contribution in [2.24, 2.45) is 11.7 Å². The van der Waals surface area contributed by atoms with Crippen LogP contribution >= 0.6 is 12.2 Å². The first-order valence-electron chi connectivity index (χ1n) is 5.28. The summed E-state index contributed by atoms with van der Waals surface area (Å²) in [5, 5.41) is 7.68. The predicted molar refractivity (Wildman–Crippen MR) is 67.5 cm³/mol. The first-order valence-corrected chi connectivity index (χ1v) is 5.69. The topological polar surface area (TPSA) is 61.0 Å². The Morgan fingerprint density at radius 1 is 1.50 bits per heavy atom.